The molecule has 1 N–H and O–H groups in total. The minimum atomic E-state index is -0.223. The zero-order chi connectivity index (χ0) is 26.0. The summed E-state index contributed by atoms with van der Waals surface area (Å²) in [5, 5.41) is 14.1. The Labute approximate surface area is 213 Å². The van der Waals surface area contributed by atoms with Gasteiger partial charge in [-0.2, -0.15) is 0 Å². The van der Waals surface area contributed by atoms with Crippen LogP contribution in [0.15, 0.2) is 53.3 Å². The van der Waals surface area contributed by atoms with Crippen LogP contribution in [0, 0.1) is 19.8 Å². The van der Waals surface area contributed by atoms with Crippen molar-refractivity contribution in [1.29, 1.82) is 0 Å². The highest BCUT2D eigenvalue weighted by Crippen LogP contribution is 2.33. The Balaban J connectivity index is 1.81. The number of nitrogens with zero attached hydrogens (tertiary/aromatic N) is 5. The van der Waals surface area contributed by atoms with Gasteiger partial charge in [0.1, 0.15) is 0 Å². The van der Waals surface area contributed by atoms with Gasteiger partial charge < -0.3 is 4.98 Å². The van der Waals surface area contributed by atoms with E-state index in [1.54, 1.807) is 0 Å². The molecule has 0 spiro atoms. The number of aromatic amines is 1. The van der Waals surface area contributed by atoms with Gasteiger partial charge in [-0.05, 0) is 79.6 Å². The number of benzene rings is 2. The Kier molecular flexibility index (Phi) is 7.41. The van der Waals surface area contributed by atoms with Crippen molar-refractivity contribution in [1.82, 2.24) is 30.1 Å². The SMILES string of the molecule is CCC(C)(C)n1nnnc1[C@@H](C(C)C)N(Cc1ccc(C)cc1)Cc1cc2cc(C)ccc2[nH]c1=O. The highest BCUT2D eigenvalue weighted by atomic mass is 16.1. The van der Waals surface area contributed by atoms with E-state index in [4.69, 9.17) is 0 Å². The van der Waals surface area contributed by atoms with Crippen LogP contribution >= 0.6 is 0 Å². The molecule has 2 heterocycles. The molecular formula is C29H38N6O. The molecule has 0 aliphatic carbocycles. The van der Waals surface area contributed by atoms with Crippen LogP contribution in [0.2, 0.25) is 0 Å². The lowest BCUT2D eigenvalue weighted by Crippen LogP contribution is -2.38. The molecule has 2 aromatic heterocycles. The van der Waals surface area contributed by atoms with E-state index in [2.05, 4.69) is 104 Å². The van der Waals surface area contributed by atoms with Crippen molar-refractivity contribution < 1.29 is 0 Å². The smallest absolute Gasteiger partial charge is 0.252 e. The van der Waals surface area contributed by atoms with Crippen molar-refractivity contribution in [2.24, 2.45) is 5.92 Å². The molecule has 0 fully saturated rings. The van der Waals surface area contributed by atoms with E-state index in [1.165, 1.54) is 11.1 Å². The first-order valence-electron chi connectivity index (χ1n) is 12.8. The van der Waals surface area contributed by atoms with E-state index in [1.807, 2.05) is 22.9 Å². The zero-order valence-corrected chi connectivity index (χ0v) is 22.5. The molecule has 0 saturated heterocycles. The van der Waals surface area contributed by atoms with Gasteiger partial charge in [0, 0.05) is 24.2 Å². The third-order valence-electron chi connectivity index (χ3n) is 7.18. The van der Waals surface area contributed by atoms with Crippen LogP contribution < -0.4 is 5.56 Å². The molecule has 2 aromatic carbocycles. The normalized spacial score (nSPS) is 13.1. The molecule has 7 nitrogen and oxygen atoms in total. The van der Waals surface area contributed by atoms with Gasteiger partial charge >= 0.3 is 0 Å². The molecule has 0 radical (unpaired) electrons. The van der Waals surface area contributed by atoms with Gasteiger partial charge in [0.05, 0.1) is 11.6 Å². The molecular weight excluding hydrogens is 448 g/mol. The summed E-state index contributed by atoms with van der Waals surface area (Å²) < 4.78 is 1.97. The number of fused-ring (bicyclic) bond motifs is 1. The topological polar surface area (TPSA) is 79.7 Å². The Morgan fingerprint density at radius 3 is 2.36 bits per heavy atom. The number of rotatable bonds is 9. The fourth-order valence-electron chi connectivity index (χ4n) is 4.73. The maximum Gasteiger partial charge on any atom is 0.252 e. The largest absolute Gasteiger partial charge is 0.322 e. The molecule has 36 heavy (non-hydrogen) atoms. The molecule has 7 heteroatoms. The van der Waals surface area contributed by atoms with Crippen molar-refractivity contribution in [2.75, 3.05) is 0 Å². The molecule has 190 valence electrons. The van der Waals surface area contributed by atoms with E-state index in [0.29, 0.717) is 13.1 Å². The number of hydrogen-bond donors (Lipinski definition) is 1. The summed E-state index contributed by atoms with van der Waals surface area (Å²) in [4.78, 5) is 18.6. The summed E-state index contributed by atoms with van der Waals surface area (Å²) >= 11 is 0. The summed E-state index contributed by atoms with van der Waals surface area (Å²) in [6, 6.07) is 16.6. The molecule has 0 amide bonds. The summed E-state index contributed by atoms with van der Waals surface area (Å²) in [7, 11) is 0. The number of H-pyrrole nitrogens is 1. The Hall–Kier alpha value is -3.32. The maximum absolute atomic E-state index is 13.2. The Morgan fingerprint density at radius 1 is 1.00 bits per heavy atom. The zero-order valence-electron chi connectivity index (χ0n) is 22.5. The summed E-state index contributed by atoms with van der Waals surface area (Å²) in [5.74, 6) is 1.05. The van der Waals surface area contributed by atoms with Gasteiger partial charge in [0.15, 0.2) is 5.82 Å². The molecule has 4 aromatic rings. The summed E-state index contributed by atoms with van der Waals surface area (Å²) in [5.41, 5.74) is 4.88. The summed E-state index contributed by atoms with van der Waals surface area (Å²) in [6.07, 6.45) is 0.900. The third-order valence-corrected chi connectivity index (χ3v) is 7.18. The first-order chi connectivity index (χ1) is 17.1. The highest BCUT2D eigenvalue weighted by molar-refractivity contribution is 5.79. The monoisotopic (exact) mass is 486 g/mol. The Morgan fingerprint density at radius 2 is 1.69 bits per heavy atom. The van der Waals surface area contributed by atoms with E-state index >= 15 is 0 Å². The van der Waals surface area contributed by atoms with Crippen molar-refractivity contribution >= 4 is 10.9 Å². The first-order valence-corrected chi connectivity index (χ1v) is 12.8. The maximum atomic E-state index is 13.2. The molecule has 0 bridgehead atoms. The molecule has 0 aliphatic rings. The number of aromatic nitrogens is 5. The standard InChI is InChI=1S/C29H38N6O/c1-8-29(6,7)35-27(31-32-33-35)26(19(2)3)34(17-22-12-9-20(4)10-13-22)18-24-16-23-15-21(5)11-14-25(23)30-28(24)36/h9-16,19,26H,8,17-18H2,1-7H3,(H,30,36)/t26-/m1/s1. The second kappa shape index (κ2) is 10.3. The fraction of sp³-hybridized carbons (Fsp3) is 0.448. The molecule has 4 rings (SSSR count). The van der Waals surface area contributed by atoms with Gasteiger partial charge in [0.25, 0.3) is 5.56 Å². The van der Waals surface area contributed by atoms with Crippen LogP contribution in [0.1, 0.15) is 75.2 Å². The minimum Gasteiger partial charge on any atom is -0.322 e. The Bertz CT molecular complexity index is 1380. The van der Waals surface area contributed by atoms with Crippen molar-refractivity contribution in [3.05, 3.63) is 87.0 Å². The highest BCUT2D eigenvalue weighted by Gasteiger charge is 2.33. The quantitative estimate of drug-likeness (QED) is 0.329. The van der Waals surface area contributed by atoms with Gasteiger partial charge in [-0.15, -0.1) is 5.10 Å². The average molecular weight is 487 g/mol. The van der Waals surface area contributed by atoms with Gasteiger partial charge in [0.2, 0.25) is 0 Å². The summed E-state index contributed by atoms with van der Waals surface area (Å²) in [6.45, 7) is 16.2. The van der Waals surface area contributed by atoms with Crippen molar-refractivity contribution in [3.63, 3.8) is 0 Å². The van der Waals surface area contributed by atoms with Gasteiger partial charge in [-0.3, -0.25) is 9.69 Å². The van der Waals surface area contributed by atoms with Crippen LogP contribution in [0.4, 0.5) is 0 Å². The van der Waals surface area contributed by atoms with Crippen LogP contribution in [0.25, 0.3) is 10.9 Å². The lowest BCUT2D eigenvalue weighted by atomic mass is 9.96. The van der Waals surface area contributed by atoms with E-state index in [9.17, 15) is 4.79 Å². The fourth-order valence-corrected chi connectivity index (χ4v) is 4.73. The molecule has 0 unspecified atom stereocenters. The number of tetrazole rings is 1. The lowest BCUT2D eigenvalue weighted by molar-refractivity contribution is 0.118. The lowest BCUT2D eigenvalue weighted by Gasteiger charge is -2.35. The molecule has 1 atom stereocenters. The van der Waals surface area contributed by atoms with Crippen LogP contribution in [-0.2, 0) is 18.6 Å². The van der Waals surface area contributed by atoms with E-state index < -0.39 is 0 Å². The van der Waals surface area contributed by atoms with Crippen LogP contribution in [0.3, 0.4) is 0 Å². The van der Waals surface area contributed by atoms with E-state index in [-0.39, 0.29) is 23.1 Å². The molecule has 0 aliphatic heterocycles. The molecule has 0 saturated carbocycles. The number of pyridine rings is 1. The predicted octanol–water partition coefficient (Wildman–Crippen LogP) is 5.68. The third kappa shape index (κ3) is 5.41. The van der Waals surface area contributed by atoms with Crippen molar-refractivity contribution in [2.45, 2.75) is 79.6 Å². The minimum absolute atomic E-state index is 0.0590. The first kappa shape index (κ1) is 25.8. The van der Waals surface area contributed by atoms with Crippen LogP contribution in [-0.4, -0.2) is 30.1 Å². The van der Waals surface area contributed by atoms with Crippen LogP contribution in [0.5, 0.6) is 0 Å². The second-order valence-electron chi connectivity index (χ2n) is 10.9. The van der Waals surface area contributed by atoms with E-state index in [0.717, 1.165) is 34.3 Å². The second-order valence-corrected chi connectivity index (χ2v) is 10.9. The number of hydrogen-bond acceptors (Lipinski definition) is 5. The number of aryl methyl sites for hydroxylation is 2. The average Bonchev–Trinajstić information content (AvgIpc) is 3.31. The number of nitrogens with one attached hydrogen (secondary N) is 1. The van der Waals surface area contributed by atoms with Gasteiger partial charge in [-0.25, -0.2) is 4.68 Å². The van der Waals surface area contributed by atoms with Crippen molar-refractivity contribution in [3.8, 4) is 0 Å². The van der Waals surface area contributed by atoms with Gasteiger partial charge in [-0.1, -0.05) is 62.2 Å². The predicted molar refractivity (Wildman–Crippen MR) is 145 cm³/mol.